The molecule has 1 N–H and O–H groups in total. The van der Waals surface area contributed by atoms with Crippen LogP contribution in [-0.2, 0) is 4.74 Å². The van der Waals surface area contributed by atoms with Crippen LogP contribution < -0.4 is 5.32 Å². The summed E-state index contributed by atoms with van der Waals surface area (Å²) in [5.74, 6) is 0. The Balaban J connectivity index is 1.24. The first kappa shape index (κ1) is 24.1. The predicted molar refractivity (Wildman–Crippen MR) is 142 cm³/mol. The molecule has 0 bridgehead atoms. The van der Waals surface area contributed by atoms with Crippen molar-refractivity contribution in [3.05, 3.63) is 60.4 Å². The fourth-order valence-electron chi connectivity index (χ4n) is 5.04. The SMILES string of the molecule is CC(C)(C)OC(=O)N1CC(N2CCC(Nc3cc(-c4cccc(C#N)c4)cc4ccncc34)CC2)C1. The average molecular weight is 484 g/mol. The summed E-state index contributed by atoms with van der Waals surface area (Å²) in [6.45, 7) is 9.20. The van der Waals surface area contributed by atoms with E-state index in [1.165, 1.54) is 0 Å². The predicted octanol–water partition coefficient (Wildman–Crippen LogP) is 5.27. The Hall–Kier alpha value is -3.63. The van der Waals surface area contributed by atoms with E-state index < -0.39 is 5.60 Å². The molecular formula is C29H33N5O2. The third-order valence-electron chi connectivity index (χ3n) is 7.00. The van der Waals surface area contributed by atoms with E-state index in [0.717, 1.165) is 66.6 Å². The molecular weight excluding hydrogens is 450 g/mol. The Morgan fingerprint density at radius 3 is 2.61 bits per heavy atom. The molecule has 2 aromatic carbocycles. The maximum Gasteiger partial charge on any atom is 0.410 e. The lowest BCUT2D eigenvalue weighted by Gasteiger charge is -2.47. The maximum absolute atomic E-state index is 12.3. The Kier molecular flexibility index (Phi) is 6.55. The number of ether oxygens (including phenoxy) is 1. The van der Waals surface area contributed by atoms with Crippen LogP contribution in [0.1, 0.15) is 39.2 Å². The number of nitrogens with zero attached hydrogens (tertiary/aromatic N) is 4. The number of anilines is 1. The van der Waals surface area contributed by atoms with Gasteiger partial charge in [0.1, 0.15) is 5.60 Å². The minimum Gasteiger partial charge on any atom is -0.444 e. The molecule has 5 rings (SSSR count). The zero-order valence-corrected chi connectivity index (χ0v) is 21.2. The summed E-state index contributed by atoms with van der Waals surface area (Å²) in [4.78, 5) is 20.9. The van der Waals surface area contributed by atoms with Crippen LogP contribution >= 0.6 is 0 Å². The first-order chi connectivity index (χ1) is 17.3. The number of pyridine rings is 1. The van der Waals surface area contributed by atoms with Gasteiger partial charge in [0.25, 0.3) is 0 Å². The molecule has 186 valence electrons. The smallest absolute Gasteiger partial charge is 0.410 e. The van der Waals surface area contributed by atoms with Gasteiger partial charge in [0.2, 0.25) is 0 Å². The normalized spacial score (nSPS) is 17.4. The molecule has 0 saturated carbocycles. The number of rotatable bonds is 4. The monoisotopic (exact) mass is 483 g/mol. The van der Waals surface area contributed by atoms with Crippen LogP contribution in [0.5, 0.6) is 0 Å². The van der Waals surface area contributed by atoms with Crippen molar-refractivity contribution in [1.29, 1.82) is 5.26 Å². The Morgan fingerprint density at radius 1 is 1.11 bits per heavy atom. The van der Waals surface area contributed by atoms with Gasteiger partial charge in [-0.05, 0) is 80.5 Å². The van der Waals surface area contributed by atoms with Crippen molar-refractivity contribution in [2.45, 2.75) is 51.3 Å². The van der Waals surface area contributed by atoms with E-state index in [4.69, 9.17) is 4.74 Å². The number of benzene rings is 2. The molecule has 2 aliphatic rings. The number of fused-ring (bicyclic) bond motifs is 1. The highest BCUT2D eigenvalue weighted by Gasteiger charge is 2.38. The number of carbonyl (C=O) groups is 1. The molecule has 1 amide bonds. The van der Waals surface area contributed by atoms with Gasteiger partial charge in [0.05, 0.1) is 11.6 Å². The van der Waals surface area contributed by atoms with Gasteiger partial charge >= 0.3 is 6.09 Å². The highest BCUT2D eigenvalue weighted by Crippen LogP contribution is 2.33. The lowest BCUT2D eigenvalue weighted by molar-refractivity contribution is -0.0191. The van der Waals surface area contributed by atoms with E-state index in [1.54, 1.807) is 4.90 Å². The minimum atomic E-state index is -0.457. The molecule has 2 saturated heterocycles. The molecule has 0 aliphatic carbocycles. The van der Waals surface area contributed by atoms with Gasteiger partial charge in [-0.1, -0.05) is 12.1 Å². The van der Waals surface area contributed by atoms with Gasteiger partial charge in [-0.3, -0.25) is 9.88 Å². The maximum atomic E-state index is 12.3. The van der Waals surface area contributed by atoms with E-state index in [2.05, 4.69) is 33.4 Å². The molecule has 0 radical (unpaired) electrons. The lowest BCUT2D eigenvalue weighted by atomic mass is 9.97. The Labute approximate surface area is 212 Å². The van der Waals surface area contributed by atoms with Gasteiger partial charge in [-0.25, -0.2) is 4.79 Å². The molecule has 3 aromatic rings. The van der Waals surface area contributed by atoms with Gasteiger partial charge in [-0.15, -0.1) is 0 Å². The van der Waals surface area contributed by atoms with Gasteiger partial charge < -0.3 is 15.0 Å². The van der Waals surface area contributed by atoms with Crippen molar-refractivity contribution in [2.24, 2.45) is 0 Å². The van der Waals surface area contributed by atoms with Crippen LogP contribution in [0, 0.1) is 11.3 Å². The first-order valence-corrected chi connectivity index (χ1v) is 12.7. The van der Waals surface area contributed by atoms with Crippen molar-refractivity contribution in [2.75, 3.05) is 31.5 Å². The minimum absolute atomic E-state index is 0.212. The molecule has 7 nitrogen and oxygen atoms in total. The number of amides is 1. The van der Waals surface area contributed by atoms with Crippen molar-refractivity contribution >= 4 is 22.6 Å². The fourth-order valence-corrected chi connectivity index (χ4v) is 5.04. The zero-order valence-electron chi connectivity index (χ0n) is 21.2. The summed E-state index contributed by atoms with van der Waals surface area (Å²) in [7, 11) is 0. The first-order valence-electron chi connectivity index (χ1n) is 12.7. The van der Waals surface area contributed by atoms with Crippen molar-refractivity contribution < 1.29 is 9.53 Å². The highest BCUT2D eigenvalue weighted by molar-refractivity contribution is 5.97. The molecule has 0 spiro atoms. The van der Waals surface area contributed by atoms with Crippen molar-refractivity contribution in [3.8, 4) is 17.2 Å². The quantitative estimate of drug-likeness (QED) is 0.545. The van der Waals surface area contributed by atoms with E-state index in [0.29, 0.717) is 17.6 Å². The van der Waals surface area contributed by atoms with Crippen molar-refractivity contribution in [3.63, 3.8) is 0 Å². The largest absolute Gasteiger partial charge is 0.444 e. The third-order valence-corrected chi connectivity index (χ3v) is 7.00. The second kappa shape index (κ2) is 9.79. The summed E-state index contributed by atoms with van der Waals surface area (Å²) in [6, 6.07) is 17.1. The van der Waals surface area contributed by atoms with Crippen LogP contribution in [0.2, 0.25) is 0 Å². The number of hydrogen-bond donors (Lipinski definition) is 1. The van der Waals surface area contributed by atoms with Crippen LogP contribution in [0.15, 0.2) is 54.9 Å². The topological polar surface area (TPSA) is 81.5 Å². The number of nitriles is 1. The molecule has 3 heterocycles. The fraction of sp³-hybridized carbons (Fsp3) is 0.414. The highest BCUT2D eigenvalue weighted by atomic mass is 16.6. The summed E-state index contributed by atoms with van der Waals surface area (Å²) in [5, 5.41) is 15.3. The molecule has 0 atom stereocenters. The van der Waals surface area contributed by atoms with Crippen LogP contribution in [-0.4, -0.2) is 64.7 Å². The molecule has 0 unspecified atom stereocenters. The van der Waals surface area contributed by atoms with Gasteiger partial charge in [0, 0.05) is 61.7 Å². The summed E-state index contributed by atoms with van der Waals surface area (Å²) < 4.78 is 5.49. The molecule has 2 aliphatic heterocycles. The van der Waals surface area contributed by atoms with Gasteiger partial charge in [-0.2, -0.15) is 5.26 Å². The molecule has 7 heteroatoms. The third kappa shape index (κ3) is 5.29. The summed E-state index contributed by atoms with van der Waals surface area (Å²) in [6.07, 6.45) is 5.61. The van der Waals surface area contributed by atoms with Gasteiger partial charge in [0.15, 0.2) is 0 Å². The van der Waals surface area contributed by atoms with E-state index in [1.807, 2.05) is 63.5 Å². The molecule has 2 fully saturated rings. The summed E-state index contributed by atoms with van der Waals surface area (Å²) >= 11 is 0. The van der Waals surface area contributed by atoms with E-state index in [9.17, 15) is 10.1 Å². The summed E-state index contributed by atoms with van der Waals surface area (Å²) in [5.41, 5.74) is 3.40. The number of carbonyl (C=O) groups excluding carboxylic acids is 1. The number of nitrogens with one attached hydrogen (secondary N) is 1. The number of aromatic nitrogens is 1. The standard InChI is InChI=1S/C29H33N5O2/c1-29(2,3)36-28(35)34-18-25(19-34)33-11-8-24(9-12-33)32-27-15-23(14-22-7-10-31-17-26(22)27)21-6-4-5-20(13-21)16-30/h4-7,10,13-15,17,24-25,32H,8-9,11-12,18-19H2,1-3H3. The zero-order chi connectivity index (χ0) is 25.3. The number of hydrogen-bond acceptors (Lipinski definition) is 6. The Morgan fingerprint density at radius 2 is 1.89 bits per heavy atom. The number of piperidine rings is 1. The molecule has 1 aromatic heterocycles. The van der Waals surface area contributed by atoms with Crippen molar-refractivity contribution in [1.82, 2.24) is 14.8 Å². The van der Waals surface area contributed by atoms with E-state index >= 15 is 0 Å². The van der Waals surface area contributed by atoms with E-state index in [-0.39, 0.29) is 6.09 Å². The second-order valence-electron chi connectivity index (χ2n) is 10.8. The second-order valence-corrected chi connectivity index (χ2v) is 10.8. The average Bonchev–Trinajstić information content (AvgIpc) is 2.83. The lowest BCUT2D eigenvalue weighted by Crippen LogP contribution is -2.63. The molecule has 36 heavy (non-hydrogen) atoms. The van der Waals surface area contributed by atoms with Crippen LogP contribution in [0.4, 0.5) is 10.5 Å². The number of likely N-dealkylation sites (tertiary alicyclic amines) is 2. The van der Waals surface area contributed by atoms with Crippen LogP contribution in [0.25, 0.3) is 21.9 Å². The Bertz CT molecular complexity index is 1290. The van der Waals surface area contributed by atoms with Crippen LogP contribution in [0.3, 0.4) is 0 Å².